The van der Waals surface area contributed by atoms with Crippen LogP contribution in [0.2, 0.25) is 0 Å². The van der Waals surface area contributed by atoms with Crippen LogP contribution in [0.15, 0.2) is 35.7 Å². The summed E-state index contributed by atoms with van der Waals surface area (Å²) in [7, 11) is 0. The standard InChI is InChI=1S/C16H15NO3S/c18-16(12-7-11(12)15-2-1-5-21-15)17-8-10-3-4-13-14(6-10)20-9-19-13/h1-6,11-12H,7-9H2,(H,17,18). The highest BCUT2D eigenvalue weighted by Gasteiger charge is 2.44. The SMILES string of the molecule is O=C(NCc1ccc2c(c1)OCO2)C1CC1c1cccs1. The Hall–Kier alpha value is -2.01. The number of benzene rings is 1. The molecule has 21 heavy (non-hydrogen) atoms. The predicted molar refractivity (Wildman–Crippen MR) is 79.6 cm³/mol. The maximum atomic E-state index is 12.2. The molecule has 1 aromatic heterocycles. The summed E-state index contributed by atoms with van der Waals surface area (Å²) in [4.78, 5) is 13.5. The van der Waals surface area contributed by atoms with Crippen molar-refractivity contribution in [1.29, 1.82) is 0 Å². The van der Waals surface area contributed by atoms with E-state index in [0.29, 0.717) is 12.5 Å². The number of hydrogen-bond donors (Lipinski definition) is 1. The van der Waals surface area contributed by atoms with Crippen molar-refractivity contribution in [2.45, 2.75) is 18.9 Å². The summed E-state index contributed by atoms with van der Waals surface area (Å²) in [5.41, 5.74) is 1.03. The smallest absolute Gasteiger partial charge is 0.231 e. The number of hydrogen-bond acceptors (Lipinski definition) is 4. The van der Waals surface area contributed by atoms with E-state index in [9.17, 15) is 4.79 Å². The van der Waals surface area contributed by atoms with Crippen molar-refractivity contribution < 1.29 is 14.3 Å². The molecule has 1 amide bonds. The molecule has 2 atom stereocenters. The molecule has 1 aliphatic carbocycles. The predicted octanol–water partition coefficient (Wildman–Crippen LogP) is 2.90. The van der Waals surface area contributed by atoms with Crippen LogP contribution in [0.1, 0.15) is 22.8 Å². The molecule has 1 aliphatic heterocycles. The summed E-state index contributed by atoms with van der Waals surface area (Å²) in [6.45, 7) is 0.804. The lowest BCUT2D eigenvalue weighted by Crippen LogP contribution is -2.24. The van der Waals surface area contributed by atoms with Crippen LogP contribution >= 0.6 is 11.3 Å². The maximum Gasteiger partial charge on any atom is 0.231 e. The Labute approximate surface area is 126 Å². The lowest BCUT2D eigenvalue weighted by atomic mass is 10.2. The van der Waals surface area contributed by atoms with Gasteiger partial charge in [-0.3, -0.25) is 4.79 Å². The van der Waals surface area contributed by atoms with Gasteiger partial charge in [0.1, 0.15) is 0 Å². The summed E-state index contributed by atoms with van der Waals surface area (Å²) in [6.07, 6.45) is 0.966. The van der Waals surface area contributed by atoms with Crippen LogP contribution < -0.4 is 14.8 Å². The van der Waals surface area contributed by atoms with Crippen LogP contribution in [0.25, 0.3) is 0 Å². The van der Waals surface area contributed by atoms with Gasteiger partial charge in [0.25, 0.3) is 0 Å². The first-order valence-corrected chi connectivity index (χ1v) is 7.89. The number of amides is 1. The lowest BCUT2D eigenvalue weighted by molar-refractivity contribution is -0.122. The highest BCUT2D eigenvalue weighted by Crippen LogP contribution is 2.49. The average molecular weight is 301 g/mol. The first-order chi connectivity index (χ1) is 10.3. The number of carbonyl (C=O) groups excluding carboxylic acids is 1. The number of fused-ring (bicyclic) bond motifs is 1. The number of thiophene rings is 1. The van der Waals surface area contributed by atoms with Gasteiger partial charge in [0.15, 0.2) is 11.5 Å². The fraction of sp³-hybridized carbons (Fsp3) is 0.312. The summed E-state index contributed by atoms with van der Waals surface area (Å²) in [5, 5.41) is 5.08. The third-order valence-electron chi connectivity index (χ3n) is 3.94. The van der Waals surface area contributed by atoms with Gasteiger partial charge in [0, 0.05) is 23.3 Å². The molecule has 4 rings (SSSR count). The van der Waals surface area contributed by atoms with Gasteiger partial charge >= 0.3 is 0 Å². The number of nitrogens with one attached hydrogen (secondary N) is 1. The van der Waals surface area contributed by atoms with Crippen molar-refractivity contribution in [3.63, 3.8) is 0 Å². The molecule has 2 heterocycles. The molecule has 1 fully saturated rings. The quantitative estimate of drug-likeness (QED) is 0.944. The van der Waals surface area contributed by atoms with Gasteiger partial charge in [-0.2, -0.15) is 0 Å². The second-order valence-corrected chi connectivity index (χ2v) is 6.35. The number of rotatable bonds is 4. The molecule has 2 unspecified atom stereocenters. The van der Waals surface area contributed by atoms with Gasteiger partial charge in [-0.15, -0.1) is 11.3 Å². The lowest BCUT2D eigenvalue weighted by Gasteiger charge is -2.06. The largest absolute Gasteiger partial charge is 0.454 e. The van der Waals surface area contributed by atoms with Gasteiger partial charge in [-0.1, -0.05) is 12.1 Å². The zero-order chi connectivity index (χ0) is 14.2. The van der Waals surface area contributed by atoms with E-state index in [1.807, 2.05) is 24.3 Å². The summed E-state index contributed by atoms with van der Waals surface area (Å²) in [5.74, 6) is 2.22. The average Bonchev–Trinajstić information content (AvgIpc) is 2.92. The van der Waals surface area contributed by atoms with Crippen LogP contribution in [0.5, 0.6) is 11.5 Å². The highest BCUT2D eigenvalue weighted by atomic mass is 32.1. The van der Waals surface area contributed by atoms with Crippen LogP contribution in [-0.4, -0.2) is 12.7 Å². The molecule has 1 saturated carbocycles. The fourth-order valence-electron chi connectivity index (χ4n) is 2.67. The van der Waals surface area contributed by atoms with Crippen molar-refractivity contribution in [2.24, 2.45) is 5.92 Å². The monoisotopic (exact) mass is 301 g/mol. The van der Waals surface area contributed by atoms with Crippen molar-refractivity contribution in [3.05, 3.63) is 46.2 Å². The first-order valence-electron chi connectivity index (χ1n) is 7.01. The Morgan fingerprint density at radius 3 is 3.05 bits per heavy atom. The first kappa shape index (κ1) is 12.7. The van der Waals surface area contributed by atoms with Crippen LogP contribution in [0, 0.1) is 5.92 Å². The fourth-order valence-corrected chi connectivity index (χ4v) is 3.58. The molecule has 4 nitrogen and oxygen atoms in total. The molecular formula is C16H15NO3S. The minimum Gasteiger partial charge on any atom is -0.454 e. The summed E-state index contributed by atoms with van der Waals surface area (Å²) >= 11 is 1.73. The Bertz CT molecular complexity index is 668. The molecule has 0 spiro atoms. The van der Waals surface area contributed by atoms with E-state index in [1.54, 1.807) is 11.3 Å². The zero-order valence-electron chi connectivity index (χ0n) is 11.4. The normalized spacial score (nSPS) is 22.1. The minimum atomic E-state index is 0.137. The van der Waals surface area contributed by atoms with Gasteiger partial charge in [0.05, 0.1) is 0 Å². The molecule has 0 radical (unpaired) electrons. The summed E-state index contributed by atoms with van der Waals surface area (Å²) in [6, 6.07) is 9.92. The number of carbonyl (C=O) groups is 1. The van der Waals surface area contributed by atoms with Crippen LogP contribution in [0.4, 0.5) is 0 Å². The molecule has 2 aliphatic rings. The Morgan fingerprint density at radius 2 is 2.19 bits per heavy atom. The van der Waals surface area contributed by atoms with Crippen LogP contribution in [-0.2, 0) is 11.3 Å². The second kappa shape index (κ2) is 5.07. The second-order valence-electron chi connectivity index (χ2n) is 5.37. The molecule has 0 bridgehead atoms. The third-order valence-corrected chi connectivity index (χ3v) is 4.94. The molecule has 1 aromatic carbocycles. The van der Waals surface area contributed by atoms with E-state index in [0.717, 1.165) is 23.5 Å². The Morgan fingerprint density at radius 1 is 1.29 bits per heavy atom. The molecule has 2 aromatic rings. The van der Waals surface area contributed by atoms with E-state index in [2.05, 4.69) is 16.8 Å². The van der Waals surface area contributed by atoms with Crippen molar-refractivity contribution >= 4 is 17.2 Å². The molecular weight excluding hydrogens is 286 g/mol. The van der Waals surface area contributed by atoms with Crippen molar-refractivity contribution in [3.8, 4) is 11.5 Å². The van der Waals surface area contributed by atoms with E-state index in [1.165, 1.54) is 4.88 Å². The van der Waals surface area contributed by atoms with Crippen molar-refractivity contribution in [2.75, 3.05) is 6.79 Å². The molecule has 1 N–H and O–H groups in total. The molecule has 108 valence electrons. The van der Waals surface area contributed by atoms with Gasteiger partial charge in [-0.05, 0) is 35.6 Å². The van der Waals surface area contributed by atoms with Gasteiger partial charge in [-0.25, -0.2) is 0 Å². The van der Waals surface area contributed by atoms with Gasteiger partial charge in [0.2, 0.25) is 12.7 Å². The Kier molecular flexibility index (Phi) is 3.07. The third kappa shape index (κ3) is 2.49. The van der Waals surface area contributed by atoms with Gasteiger partial charge < -0.3 is 14.8 Å². The molecule has 5 heteroatoms. The minimum absolute atomic E-state index is 0.137. The van der Waals surface area contributed by atoms with Crippen LogP contribution in [0.3, 0.4) is 0 Å². The highest BCUT2D eigenvalue weighted by molar-refractivity contribution is 7.10. The topological polar surface area (TPSA) is 47.6 Å². The maximum absolute atomic E-state index is 12.2. The molecule has 0 saturated heterocycles. The Balaban J connectivity index is 1.34. The van der Waals surface area contributed by atoms with E-state index < -0.39 is 0 Å². The summed E-state index contributed by atoms with van der Waals surface area (Å²) < 4.78 is 10.6. The number of ether oxygens (including phenoxy) is 2. The van der Waals surface area contributed by atoms with E-state index in [-0.39, 0.29) is 18.6 Å². The van der Waals surface area contributed by atoms with E-state index in [4.69, 9.17) is 9.47 Å². The van der Waals surface area contributed by atoms with E-state index >= 15 is 0 Å². The zero-order valence-corrected chi connectivity index (χ0v) is 12.2. The van der Waals surface area contributed by atoms with Crippen molar-refractivity contribution in [1.82, 2.24) is 5.32 Å².